The summed E-state index contributed by atoms with van der Waals surface area (Å²) in [6.07, 6.45) is 8.71. The van der Waals surface area contributed by atoms with Crippen LogP contribution in [0.1, 0.15) is 31.2 Å². The minimum Gasteiger partial charge on any atom is -0.397 e. The summed E-state index contributed by atoms with van der Waals surface area (Å²) in [4.78, 5) is 7.20. The molecule has 1 aromatic heterocycles. The fourth-order valence-electron chi connectivity index (χ4n) is 4.00. The van der Waals surface area contributed by atoms with E-state index in [-0.39, 0.29) is 0 Å². The van der Waals surface area contributed by atoms with E-state index in [2.05, 4.69) is 33.9 Å². The van der Waals surface area contributed by atoms with E-state index in [0.29, 0.717) is 11.6 Å². The molecule has 0 radical (unpaired) electrons. The highest BCUT2D eigenvalue weighted by Gasteiger charge is 2.32. The molecule has 1 aromatic carbocycles. The number of aromatic nitrogens is 1. The molecule has 0 amide bonds. The van der Waals surface area contributed by atoms with Crippen LogP contribution in [-0.2, 0) is 0 Å². The summed E-state index contributed by atoms with van der Waals surface area (Å²) in [5, 5.41) is 7.06. The van der Waals surface area contributed by atoms with Gasteiger partial charge in [0.15, 0.2) is 0 Å². The Morgan fingerprint density at radius 1 is 1.21 bits per heavy atom. The molecule has 0 bridgehead atoms. The molecule has 0 spiro atoms. The van der Waals surface area contributed by atoms with Crippen LogP contribution in [0, 0.1) is 5.92 Å². The summed E-state index contributed by atoms with van der Waals surface area (Å²) >= 11 is 0. The molecule has 148 valence electrons. The van der Waals surface area contributed by atoms with Crippen LogP contribution in [0.15, 0.2) is 48.9 Å². The Morgan fingerprint density at radius 2 is 1.96 bits per heavy atom. The summed E-state index contributed by atoms with van der Waals surface area (Å²) in [6.45, 7) is 6.67. The fourth-order valence-corrected chi connectivity index (χ4v) is 4.00. The number of hydrazine groups is 1. The van der Waals surface area contributed by atoms with Gasteiger partial charge < -0.3 is 21.0 Å². The molecular weight excluding hydrogens is 348 g/mol. The molecule has 2 heterocycles. The van der Waals surface area contributed by atoms with Crippen molar-refractivity contribution in [3.05, 3.63) is 54.5 Å². The van der Waals surface area contributed by atoms with Crippen molar-refractivity contribution in [1.82, 2.24) is 14.9 Å². The van der Waals surface area contributed by atoms with Crippen LogP contribution < -0.4 is 16.9 Å². The van der Waals surface area contributed by atoms with Gasteiger partial charge >= 0.3 is 0 Å². The standard InChI is InChI=1S/C22H30N6/c1-15(16-7-9-28(10-8-16)20-5-6-20)26-22-12-19-11-17(21(23)14-27(2)24)3-4-18(19)13-25-22/h3-4,11-14,16,20H,1,5-10,23-24H2,2H3,(H,25,26)/b21-14-. The highest BCUT2D eigenvalue weighted by molar-refractivity contribution is 5.87. The third kappa shape index (κ3) is 4.29. The second-order valence-electron chi connectivity index (χ2n) is 8.07. The van der Waals surface area contributed by atoms with Gasteiger partial charge in [0.1, 0.15) is 5.82 Å². The van der Waals surface area contributed by atoms with E-state index in [1.54, 1.807) is 13.2 Å². The molecule has 0 atom stereocenters. The molecule has 2 aliphatic rings. The maximum absolute atomic E-state index is 6.13. The summed E-state index contributed by atoms with van der Waals surface area (Å²) < 4.78 is 0. The predicted molar refractivity (Wildman–Crippen MR) is 116 cm³/mol. The minimum atomic E-state index is 0.512. The molecule has 1 saturated heterocycles. The molecule has 4 rings (SSSR count). The second kappa shape index (κ2) is 7.81. The average Bonchev–Trinajstić information content (AvgIpc) is 3.52. The maximum atomic E-state index is 6.13. The van der Waals surface area contributed by atoms with Gasteiger partial charge in [-0.05, 0) is 61.9 Å². The Labute approximate surface area is 166 Å². The zero-order valence-corrected chi connectivity index (χ0v) is 16.6. The van der Waals surface area contributed by atoms with Gasteiger partial charge in [0.25, 0.3) is 0 Å². The van der Waals surface area contributed by atoms with Crippen molar-refractivity contribution < 1.29 is 0 Å². The largest absolute Gasteiger partial charge is 0.397 e. The van der Waals surface area contributed by atoms with Crippen LogP contribution in [0.2, 0.25) is 0 Å². The lowest BCUT2D eigenvalue weighted by Crippen LogP contribution is -2.36. The van der Waals surface area contributed by atoms with Gasteiger partial charge in [-0.2, -0.15) is 0 Å². The molecule has 1 aliphatic heterocycles. The Morgan fingerprint density at radius 3 is 2.64 bits per heavy atom. The van der Waals surface area contributed by atoms with Crippen LogP contribution in [-0.4, -0.2) is 41.1 Å². The van der Waals surface area contributed by atoms with Crippen LogP contribution in [0.3, 0.4) is 0 Å². The van der Waals surface area contributed by atoms with E-state index in [1.165, 1.54) is 43.8 Å². The first-order valence-electron chi connectivity index (χ1n) is 10.0. The number of nitrogens with one attached hydrogen (secondary N) is 1. The molecule has 6 heteroatoms. The number of benzene rings is 1. The number of likely N-dealkylation sites (tertiary alicyclic amines) is 1. The van der Waals surface area contributed by atoms with Crippen molar-refractivity contribution in [1.29, 1.82) is 0 Å². The number of nitrogens with two attached hydrogens (primary N) is 2. The highest BCUT2D eigenvalue weighted by Crippen LogP contribution is 2.33. The number of hydrogen-bond acceptors (Lipinski definition) is 6. The summed E-state index contributed by atoms with van der Waals surface area (Å²) in [7, 11) is 1.75. The molecule has 1 aliphatic carbocycles. The number of rotatable bonds is 6. The van der Waals surface area contributed by atoms with E-state index in [4.69, 9.17) is 11.6 Å². The summed E-state index contributed by atoms with van der Waals surface area (Å²) in [5.74, 6) is 7.01. The predicted octanol–water partition coefficient (Wildman–Crippen LogP) is 3.10. The quantitative estimate of drug-likeness (QED) is 0.529. The lowest BCUT2D eigenvalue weighted by molar-refractivity contribution is 0.191. The third-order valence-corrected chi connectivity index (χ3v) is 5.77. The van der Waals surface area contributed by atoms with Crippen molar-refractivity contribution >= 4 is 22.3 Å². The molecule has 5 N–H and O–H groups in total. The summed E-state index contributed by atoms with van der Waals surface area (Å²) in [6, 6.07) is 9.00. The zero-order valence-electron chi connectivity index (χ0n) is 16.6. The van der Waals surface area contributed by atoms with Gasteiger partial charge in [0, 0.05) is 42.5 Å². The first-order chi connectivity index (χ1) is 13.5. The molecule has 2 aromatic rings. The van der Waals surface area contributed by atoms with E-state index in [0.717, 1.165) is 33.9 Å². The van der Waals surface area contributed by atoms with Crippen LogP contribution in [0.5, 0.6) is 0 Å². The zero-order chi connectivity index (χ0) is 19.7. The Kier molecular flexibility index (Phi) is 5.24. The monoisotopic (exact) mass is 378 g/mol. The average molecular weight is 379 g/mol. The van der Waals surface area contributed by atoms with Gasteiger partial charge in [0.05, 0.1) is 5.70 Å². The fraction of sp³-hybridized carbons (Fsp3) is 0.409. The molecule has 6 nitrogen and oxygen atoms in total. The van der Waals surface area contributed by atoms with Crippen LogP contribution in [0.4, 0.5) is 5.82 Å². The number of pyridine rings is 1. The topological polar surface area (TPSA) is 83.4 Å². The molecule has 28 heavy (non-hydrogen) atoms. The molecule has 1 saturated carbocycles. The lowest BCUT2D eigenvalue weighted by Gasteiger charge is -2.33. The number of hydrogen-bond donors (Lipinski definition) is 3. The molecular formula is C22H30N6. The Balaban J connectivity index is 1.45. The van der Waals surface area contributed by atoms with Crippen LogP contribution >= 0.6 is 0 Å². The van der Waals surface area contributed by atoms with Crippen molar-refractivity contribution in [3.8, 4) is 0 Å². The number of allylic oxidation sites excluding steroid dienone is 1. The van der Waals surface area contributed by atoms with Crippen molar-refractivity contribution in [2.24, 2.45) is 17.5 Å². The third-order valence-electron chi connectivity index (χ3n) is 5.77. The smallest absolute Gasteiger partial charge is 0.130 e. The van der Waals surface area contributed by atoms with Gasteiger partial charge in [-0.25, -0.2) is 10.8 Å². The van der Waals surface area contributed by atoms with Gasteiger partial charge in [-0.15, -0.1) is 0 Å². The van der Waals surface area contributed by atoms with Crippen molar-refractivity contribution in [2.45, 2.75) is 31.7 Å². The van der Waals surface area contributed by atoms with E-state index in [1.807, 2.05) is 18.3 Å². The Hall–Kier alpha value is -2.57. The van der Waals surface area contributed by atoms with Crippen molar-refractivity contribution in [2.75, 3.05) is 25.5 Å². The van der Waals surface area contributed by atoms with E-state index in [9.17, 15) is 0 Å². The van der Waals surface area contributed by atoms with E-state index < -0.39 is 0 Å². The summed E-state index contributed by atoms with van der Waals surface area (Å²) in [5.41, 5.74) is 8.77. The maximum Gasteiger partial charge on any atom is 0.130 e. The minimum absolute atomic E-state index is 0.512. The lowest BCUT2D eigenvalue weighted by atomic mass is 9.94. The van der Waals surface area contributed by atoms with Gasteiger partial charge in [0.2, 0.25) is 0 Å². The number of nitrogens with zero attached hydrogens (tertiary/aromatic N) is 3. The second-order valence-corrected chi connectivity index (χ2v) is 8.07. The highest BCUT2D eigenvalue weighted by atomic mass is 15.4. The SMILES string of the molecule is C=C(Nc1cc2cc(/C(N)=C/N(C)N)ccc2cn1)C1CCN(C2CC2)CC1. The molecule has 2 fully saturated rings. The van der Waals surface area contributed by atoms with E-state index >= 15 is 0 Å². The van der Waals surface area contributed by atoms with Gasteiger partial charge in [-0.3, -0.25) is 0 Å². The molecule has 0 unspecified atom stereocenters. The number of anilines is 1. The first kappa shape index (κ1) is 18.8. The Bertz CT molecular complexity index is 891. The first-order valence-corrected chi connectivity index (χ1v) is 10.0. The number of piperidine rings is 1. The van der Waals surface area contributed by atoms with Crippen molar-refractivity contribution in [3.63, 3.8) is 0 Å². The normalized spacial score (nSPS) is 19.0. The number of fused-ring (bicyclic) bond motifs is 1. The van der Waals surface area contributed by atoms with Crippen LogP contribution in [0.25, 0.3) is 16.5 Å². The van der Waals surface area contributed by atoms with Gasteiger partial charge in [-0.1, -0.05) is 18.7 Å².